The van der Waals surface area contributed by atoms with Crippen LogP contribution in [0.15, 0.2) is 28.6 Å². The summed E-state index contributed by atoms with van der Waals surface area (Å²) in [7, 11) is 0. The van der Waals surface area contributed by atoms with Gasteiger partial charge in [0.25, 0.3) is 0 Å². The molecule has 3 rings (SSSR count). The van der Waals surface area contributed by atoms with Gasteiger partial charge < -0.3 is 10.0 Å². The van der Waals surface area contributed by atoms with Gasteiger partial charge in [0.15, 0.2) is 4.34 Å². The van der Waals surface area contributed by atoms with Crippen LogP contribution in [0.1, 0.15) is 19.8 Å². The van der Waals surface area contributed by atoms with Gasteiger partial charge in [-0.15, -0.1) is 11.3 Å². The number of benzene rings is 1. The average molecular weight is 322 g/mol. The van der Waals surface area contributed by atoms with Crippen molar-refractivity contribution in [2.75, 3.05) is 13.2 Å². The Balaban J connectivity index is 1.69. The Morgan fingerprint density at radius 1 is 1.52 bits per heavy atom. The molecular formula is C15H18N2O2S2. The number of fused-ring (bicyclic) bond motifs is 1. The molecule has 1 aliphatic carbocycles. The van der Waals surface area contributed by atoms with E-state index < -0.39 is 0 Å². The van der Waals surface area contributed by atoms with Crippen molar-refractivity contribution >= 4 is 39.2 Å². The van der Waals surface area contributed by atoms with Crippen molar-refractivity contribution in [3.63, 3.8) is 0 Å². The molecule has 2 aromatic rings. The van der Waals surface area contributed by atoms with Crippen molar-refractivity contribution in [1.29, 1.82) is 0 Å². The van der Waals surface area contributed by atoms with E-state index in [4.69, 9.17) is 5.11 Å². The van der Waals surface area contributed by atoms with Crippen molar-refractivity contribution < 1.29 is 9.90 Å². The summed E-state index contributed by atoms with van der Waals surface area (Å²) in [5.74, 6) is 0.107. The number of thioether (sulfide) groups is 1. The smallest absolute Gasteiger partial charge is 0.236 e. The predicted molar refractivity (Wildman–Crippen MR) is 86.8 cm³/mol. The number of thiazole rings is 1. The Bertz CT molecular complexity index is 606. The lowest BCUT2D eigenvalue weighted by Gasteiger charge is -2.24. The highest BCUT2D eigenvalue weighted by Crippen LogP contribution is 2.34. The van der Waals surface area contributed by atoms with Gasteiger partial charge in [0.1, 0.15) is 0 Å². The maximum Gasteiger partial charge on any atom is 0.236 e. The third-order valence-electron chi connectivity index (χ3n) is 3.51. The van der Waals surface area contributed by atoms with Crippen LogP contribution in [-0.2, 0) is 4.79 Å². The van der Waals surface area contributed by atoms with Gasteiger partial charge in [-0.2, -0.15) is 0 Å². The van der Waals surface area contributed by atoms with E-state index in [9.17, 15) is 4.79 Å². The van der Waals surface area contributed by atoms with Gasteiger partial charge in [-0.1, -0.05) is 23.9 Å². The molecule has 4 nitrogen and oxygen atoms in total. The zero-order valence-electron chi connectivity index (χ0n) is 11.9. The summed E-state index contributed by atoms with van der Waals surface area (Å²) >= 11 is 3.14. The molecule has 1 N–H and O–H groups in total. The number of hydrogen-bond acceptors (Lipinski definition) is 5. The molecule has 1 aliphatic rings. The number of aromatic nitrogens is 1. The first kappa shape index (κ1) is 14.8. The lowest BCUT2D eigenvalue weighted by Crippen LogP contribution is -2.40. The number of aliphatic hydroxyl groups is 1. The third kappa shape index (κ3) is 3.39. The average Bonchev–Trinajstić information content (AvgIpc) is 3.23. The van der Waals surface area contributed by atoms with E-state index in [2.05, 4.69) is 4.98 Å². The maximum atomic E-state index is 12.5. The van der Waals surface area contributed by atoms with Gasteiger partial charge in [-0.05, 0) is 31.9 Å². The minimum Gasteiger partial charge on any atom is -0.395 e. The molecule has 1 amide bonds. The number of hydrogen-bond donors (Lipinski definition) is 1. The minimum absolute atomic E-state index is 0.0285. The molecule has 1 fully saturated rings. The van der Waals surface area contributed by atoms with Crippen molar-refractivity contribution in [2.24, 2.45) is 0 Å². The van der Waals surface area contributed by atoms with Gasteiger partial charge in [0.2, 0.25) is 5.91 Å². The van der Waals surface area contributed by atoms with Crippen LogP contribution in [0.3, 0.4) is 0 Å². The van der Waals surface area contributed by atoms with Crippen LogP contribution in [0.2, 0.25) is 0 Å². The summed E-state index contributed by atoms with van der Waals surface area (Å²) < 4.78 is 2.07. The maximum absolute atomic E-state index is 12.5. The number of carbonyl (C=O) groups is 1. The monoisotopic (exact) mass is 322 g/mol. The molecule has 1 unspecified atom stereocenters. The molecule has 0 spiro atoms. The van der Waals surface area contributed by atoms with Crippen LogP contribution in [0, 0.1) is 0 Å². The Kier molecular flexibility index (Phi) is 4.47. The lowest BCUT2D eigenvalue weighted by molar-refractivity contribution is -0.131. The van der Waals surface area contributed by atoms with Gasteiger partial charge in [0.05, 0.1) is 22.1 Å². The first-order valence-electron chi connectivity index (χ1n) is 7.12. The molecule has 1 atom stereocenters. The fourth-order valence-corrected chi connectivity index (χ4v) is 4.58. The number of rotatable bonds is 6. The van der Waals surface area contributed by atoms with E-state index >= 15 is 0 Å². The summed E-state index contributed by atoms with van der Waals surface area (Å²) in [5, 5.41) is 8.95. The van der Waals surface area contributed by atoms with Crippen molar-refractivity contribution in [1.82, 2.24) is 9.88 Å². The van der Waals surface area contributed by atoms with Crippen LogP contribution in [0.25, 0.3) is 10.2 Å². The van der Waals surface area contributed by atoms with Crippen molar-refractivity contribution in [2.45, 2.75) is 35.4 Å². The van der Waals surface area contributed by atoms with Crippen LogP contribution in [-0.4, -0.2) is 45.3 Å². The summed E-state index contributed by atoms with van der Waals surface area (Å²) in [6.07, 6.45) is 2.12. The lowest BCUT2D eigenvalue weighted by atomic mass is 10.3. The predicted octanol–water partition coefficient (Wildman–Crippen LogP) is 2.76. The number of para-hydroxylation sites is 1. The standard InChI is InChI=1S/C15H18N2O2S2/c1-10(14(19)17(8-9-18)11-6-7-11)20-15-16-12-4-2-3-5-13(12)21-15/h2-5,10-11,18H,6-9H2,1H3. The van der Waals surface area contributed by atoms with E-state index in [0.29, 0.717) is 12.6 Å². The number of amides is 1. The fourth-order valence-electron chi connectivity index (χ4n) is 2.30. The van der Waals surface area contributed by atoms with Crippen LogP contribution < -0.4 is 0 Å². The summed E-state index contributed by atoms with van der Waals surface area (Å²) in [6, 6.07) is 8.35. The molecule has 112 valence electrons. The molecule has 0 bridgehead atoms. The molecule has 1 heterocycles. The molecule has 1 aromatic heterocycles. The highest BCUT2D eigenvalue weighted by molar-refractivity contribution is 8.02. The SMILES string of the molecule is CC(Sc1nc2ccccc2s1)C(=O)N(CCO)C1CC1. The van der Waals surface area contributed by atoms with E-state index in [1.807, 2.05) is 36.1 Å². The zero-order valence-corrected chi connectivity index (χ0v) is 13.5. The number of carbonyl (C=O) groups excluding carboxylic acids is 1. The highest BCUT2D eigenvalue weighted by Gasteiger charge is 2.34. The summed E-state index contributed by atoms with van der Waals surface area (Å²) in [6.45, 7) is 2.39. The summed E-state index contributed by atoms with van der Waals surface area (Å²) in [5.41, 5.74) is 0.985. The molecule has 0 aliphatic heterocycles. The molecule has 0 radical (unpaired) electrons. The zero-order chi connectivity index (χ0) is 14.8. The normalized spacial score (nSPS) is 16.1. The third-order valence-corrected chi connectivity index (χ3v) is 5.73. The molecule has 0 saturated heterocycles. The second-order valence-corrected chi connectivity index (χ2v) is 7.81. The Morgan fingerprint density at radius 3 is 2.95 bits per heavy atom. The quantitative estimate of drug-likeness (QED) is 0.831. The van der Waals surface area contributed by atoms with Crippen LogP contribution >= 0.6 is 23.1 Å². The minimum atomic E-state index is -0.169. The van der Waals surface area contributed by atoms with Gasteiger partial charge in [0, 0.05) is 12.6 Å². The Hall–Kier alpha value is -1.11. The van der Waals surface area contributed by atoms with Gasteiger partial charge in [-0.3, -0.25) is 4.79 Å². The van der Waals surface area contributed by atoms with Gasteiger partial charge >= 0.3 is 0 Å². The van der Waals surface area contributed by atoms with E-state index in [0.717, 1.165) is 27.4 Å². The van der Waals surface area contributed by atoms with Crippen LogP contribution in [0.4, 0.5) is 0 Å². The Morgan fingerprint density at radius 2 is 2.29 bits per heavy atom. The number of nitrogens with zero attached hydrogens (tertiary/aromatic N) is 2. The molecule has 1 aromatic carbocycles. The molecule has 1 saturated carbocycles. The highest BCUT2D eigenvalue weighted by atomic mass is 32.2. The van der Waals surface area contributed by atoms with E-state index in [1.165, 1.54) is 11.8 Å². The summed E-state index contributed by atoms with van der Waals surface area (Å²) in [4.78, 5) is 18.9. The van der Waals surface area contributed by atoms with Crippen molar-refractivity contribution in [3.8, 4) is 0 Å². The van der Waals surface area contributed by atoms with Crippen molar-refractivity contribution in [3.05, 3.63) is 24.3 Å². The Labute approximate surface area is 132 Å². The van der Waals surface area contributed by atoms with E-state index in [-0.39, 0.29) is 17.8 Å². The second kappa shape index (κ2) is 6.34. The van der Waals surface area contributed by atoms with E-state index in [1.54, 1.807) is 11.3 Å². The first-order chi connectivity index (χ1) is 10.2. The largest absolute Gasteiger partial charge is 0.395 e. The fraction of sp³-hybridized carbons (Fsp3) is 0.467. The number of aliphatic hydroxyl groups excluding tert-OH is 1. The molecule has 6 heteroatoms. The molecular weight excluding hydrogens is 304 g/mol. The molecule has 21 heavy (non-hydrogen) atoms. The van der Waals surface area contributed by atoms with Crippen LogP contribution in [0.5, 0.6) is 0 Å². The van der Waals surface area contributed by atoms with Gasteiger partial charge in [-0.25, -0.2) is 4.98 Å². The first-order valence-corrected chi connectivity index (χ1v) is 8.82. The topological polar surface area (TPSA) is 53.4 Å². The second-order valence-electron chi connectivity index (χ2n) is 5.19.